The minimum atomic E-state index is 0.131. The molecule has 1 fully saturated rings. The van der Waals surface area contributed by atoms with Crippen LogP contribution in [0.3, 0.4) is 0 Å². The van der Waals surface area contributed by atoms with Gasteiger partial charge in [0, 0.05) is 25.0 Å². The first kappa shape index (κ1) is 9.57. The summed E-state index contributed by atoms with van der Waals surface area (Å²) in [6.07, 6.45) is 7.03. The van der Waals surface area contributed by atoms with E-state index in [4.69, 9.17) is 11.2 Å². The minimum absolute atomic E-state index is 0.131. The molecule has 1 rings (SSSR count). The van der Waals surface area contributed by atoms with E-state index < -0.39 is 0 Å². The van der Waals surface area contributed by atoms with Crippen molar-refractivity contribution >= 4 is 0 Å². The molecule has 0 aromatic heterocycles. The number of rotatable bonds is 2. The number of nitrogens with zero attached hydrogens (tertiary/aromatic N) is 1. The molecule has 67 valence electrons. The van der Waals surface area contributed by atoms with E-state index in [1.807, 2.05) is 6.42 Å². The molecule has 1 aliphatic rings. The van der Waals surface area contributed by atoms with Crippen molar-refractivity contribution in [1.82, 2.24) is 4.90 Å². The molecule has 2 heteroatoms. The Kier molecular flexibility index (Phi) is 3.13. The van der Waals surface area contributed by atoms with Crippen molar-refractivity contribution in [1.29, 1.82) is 0 Å². The third kappa shape index (κ3) is 2.23. The monoisotopic (exact) mass is 166 g/mol. The van der Waals surface area contributed by atoms with Crippen LogP contribution in [0.25, 0.3) is 0 Å². The van der Waals surface area contributed by atoms with Crippen LogP contribution in [0.15, 0.2) is 0 Å². The highest BCUT2D eigenvalue weighted by atomic mass is 16.5. The molecule has 1 radical (unpaired) electrons. The number of morpholine rings is 1. The van der Waals surface area contributed by atoms with Crippen molar-refractivity contribution in [2.75, 3.05) is 26.3 Å². The zero-order chi connectivity index (χ0) is 9.03. The van der Waals surface area contributed by atoms with Crippen LogP contribution in [0.1, 0.15) is 13.8 Å². The van der Waals surface area contributed by atoms with Gasteiger partial charge in [0.15, 0.2) is 0 Å². The topological polar surface area (TPSA) is 12.5 Å². The molecule has 2 nitrogen and oxygen atoms in total. The Hall–Kier alpha value is -0.520. The van der Waals surface area contributed by atoms with Crippen LogP contribution in [-0.2, 0) is 4.74 Å². The van der Waals surface area contributed by atoms with Gasteiger partial charge in [-0.15, -0.1) is 12.3 Å². The van der Waals surface area contributed by atoms with E-state index in [2.05, 4.69) is 24.7 Å². The molecule has 0 bridgehead atoms. The van der Waals surface area contributed by atoms with Gasteiger partial charge in [0.25, 0.3) is 0 Å². The standard InChI is InChI=1S/C10H16NO/c1-4-5-6-11-7-8-12-9-10(11,2)3/h1,5H,6-9H2,2-3H3. The van der Waals surface area contributed by atoms with Gasteiger partial charge in [0.05, 0.1) is 13.2 Å². The molecule has 0 N–H and O–H groups in total. The summed E-state index contributed by atoms with van der Waals surface area (Å²) in [4.78, 5) is 2.34. The molecule has 0 aromatic rings. The first-order valence-corrected chi connectivity index (χ1v) is 4.27. The number of terminal acetylenes is 1. The molecule has 0 aromatic carbocycles. The summed E-state index contributed by atoms with van der Waals surface area (Å²) in [6, 6.07) is 0. The first-order chi connectivity index (χ1) is 5.67. The molecule has 12 heavy (non-hydrogen) atoms. The largest absolute Gasteiger partial charge is 0.378 e. The summed E-state index contributed by atoms with van der Waals surface area (Å²) >= 11 is 0. The predicted octanol–water partition coefficient (Wildman–Crippen LogP) is 0.935. The Bertz CT molecular complexity index is 181. The molecule has 0 aliphatic carbocycles. The predicted molar refractivity (Wildman–Crippen MR) is 49.6 cm³/mol. The maximum absolute atomic E-state index is 5.39. The van der Waals surface area contributed by atoms with E-state index >= 15 is 0 Å². The van der Waals surface area contributed by atoms with Crippen LogP contribution >= 0.6 is 0 Å². The maximum atomic E-state index is 5.39. The summed E-state index contributed by atoms with van der Waals surface area (Å²) in [5, 5.41) is 0. The molecule has 1 saturated heterocycles. The highest BCUT2D eigenvalue weighted by molar-refractivity contribution is 5.03. The second kappa shape index (κ2) is 3.93. The van der Waals surface area contributed by atoms with Crippen molar-refractivity contribution in [3.05, 3.63) is 6.42 Å². The highest BCUT2D eigenvalue weighted by Crippen LogP contribution is 2.18. The first-order valence-electron chi connectivity index (χ1n) is 4.27. The average molecular weight is 166 g/mol. The van der Waals surface area contributed by atoms with Crippen molar-refractivity contribution < 1.29 is 4.74 Å². The maximum Gasteiger partial charge on any atom is 0.0645 e. The van der Waals surface area contributed by atoms with Crippen LogP contribution in [-0.4, -0.2) is 36.7 Å². The molecule has 0 spiro atoms. The molecule has 1 aliphatic heterocycles. The van der Waals surface area contributed by atoms with E-state index in [-0.39, 0.29) is 5.54 Å². The van der Waals surface area contributed by atoms with Crippen LogP contribution in [0.2, 0.25) is 0 Å². The van der Waals surface area contributed by atoms with Crippen molar-refractivity contribution in [3.63, 3.8) is 0 Å². The van der Waals surface area contributed by atoms with Gasteiger partial charge >= 0.3 is 0 Å². The van der Waals surface area contributed by atoms with Crippen molar-refractivity contribution in [2.24, 2.45) is 0 Å². The Balaban J connectivity index is 2.44. The summed E-state index contributed by atoms with van der Waals surface area (Å²) in [6.45, 7) is 7.82. The number of ether oxygens (including phenoxy) is 1. The van der Waals surface area contributed by atoms with Gasteiger partial charge in [-0.1, -0.05) is 0 Å². The molecule has 0 atom stereocenters. The van der Waals surface area contributed by atoms with E-state index in [9.17, 15) is 0 Å². The Morgan fingerprint density at radius 3 is 3.00 bits per heavy atom. The normalized spacial score (nSPS) is 23.4. The van der Waals surface area contributed by atoms with Crippen molar-refractivity contribution in [2.45, 2.75) is 19.4 Å². The minimum Gasteiger partial charge on any atom is -0.378 e. The highest BCUT2D eigenvalue weighted by Gasteiger charge is 2.29. The van der Waals surface area contributed by atoms with Gasteiger partial charge in [-0.2, -0.15) is 0 Å². The fourth-order valence-electron chi connectivity index (χ4n) is 1.39. The average Bonchev–Trinajstić information content (AvgIpc) is 2.02. The second-order valence-corrected chi connectivity index (χ2v) is 3.68. The molecule has 1 heterocycles. The Morgan fingerprint density at radius 2 is 2.42 bits per heavy atom. The quantitative estimate of drug-likeness (QED) is 0.566. The summed E-state index contributed by atoms with van der Waals surface area (Å²) < 4.78 is 5.39. The van der Waals surface area contributed by atoms with Crippen molar-refractivity contribution in [3.8, 4) is 12.3 Å². The summed E-state index contributed by atoms with van der Waals surface area (Å²) in [7, 11) is 0. The Morgan fingerprint density at radius 1 is 1.67 bits per heavy atom. The molecule has 0 saturated carbocycles. The van der Waals surface area contributed by atoms with Crippen LogP contribution in [0.5, 0.6) is 0 Å². The van der Waals surface area contributed by atoms with E-state index in [1.54, 1.807) is 0 Å². The Labute approximate surface area is 74.9 Å². The zero-order valence-corrected chi connectivity index (χ0v) is 7.84. The lowest BCUT2D eigenvalue weighted by Crippen LogP contribution is -2.53. The number of hydrogen-bond donors (Lipinski definition) is 0. The van der Waals surface area contributed by atoms with Crippen LogP contribution in [0.4, 0.5) is 0 Å². The van der Waals surface area contributed by atoms with E-state index in [0.717, 1.165) is 26.3 Å². The lowest BCUT2D eigenvalue weighted by molar-refractivity contribution is -0.0461. The van der Waals surface area contributed by atoms with Crippen LogP contribution in [0, 0.1) is 18.8 Å². The zero-order valence-electron chi connectivity index (χ0n) is 7.84. The van der Waals surface area contributed by atoms with Gasteiger partial charge in [-0.05, 0) is 13.8 Å². The summed E-state index contributed by atoms with van der Waals surface area (Å²) in [5.74, 6) is 2.55. The van der Waals surface area contributed by atoms with Gasteiger partial charge in [-0.3, -0.25) is 4.90 Å². The second-order valence-electron chi connectivity index (χ2n) is 3.68. The third-order valence-corrected chi connectivity index (χ3v) is 2.25. The van der Waals surface area contributed by atoms with E-state index in [1.165, 1.54) is 0 Å². The molecular formula is C10H16NO. The smallest absolute Gasteiger partial charge is 0.0645 e. The van der Waals surface area contributed by atoms with Gasteiger partial charge in [-0.25, -0.2) is 0 Å². The lowest BCUT2D eigenvalue weighted by Gasteiger charge is -2.41. The molecular weight excluding hydrogens is 150 g/mol. The number of hydrogen-bond acceptors (Lipinski definition) is 2. The van der Waals surface area contributed by atoms with Crippen LogP contribution < -0.4 is 0 Å². The van der Waals surface area contributed by atoms with E-state index in [0.29, 0.717) is 0 Å². The van der Waals surface area contributed by atoms with Gasteiger partial charge in [0.2, 0.25) is 0 Å². The summed E-state index contributed by atoms with van der Waals surface area (Å²) in [5.41, 5.74) is 0.131. The molecule has 0 amide bonds. The lowest BCUT2D eigenvalue weighted by atomic mass is 10.0. The van der Waals surface area contributed by atoms with Gasteiger partial charge in [0.1, 0.15) is 0 Å². The molecule has 0 unspecified atom stereocenters. The fraction of sp³-hybridized carbons (Fsp3) is 0.700. The fourth-order valence-corrected chi connectivity index (χ4v) is 1.39. The SMILES string of the molecule is C#C[CH]CN1CCOCC1(C)C. The third-order valence-electron chi connectivity index (χ3n) is 2.25. The van der Waals surface area contributed by atoms with Gasteiger partial charge < -0.3 is 4.74 Å².